The molecule has 0 heterocycles. The molecule has 3 rings (SSSR count). The molecule has 0 saturated carbocycles. The van der Waals surface area contributed by atoms with E-state index in [9.17, 15) is 9.90 Å². The van der Waals surface area contributed by atoms with Gasteiger partial charge in [-0.15, -0.1) is 0 Å². The molecule has 0 aliphatic rings. The second-order valence-corrected chi connectivity index (χ2v) is 6.87. The Kier molecular flexibility index (Phi) is 6.93. The Balaban J connectivity index is 1.88. The van der Waals surface area contributed by atoms with Crippen LogP contribution in [0.5, 0.6) is 11.5 Å². The minimum atomic E-state index is -0.281. The molecule has 0 bridgehead atoms. The molecule has 29 heavy (non-hydrogen) atoms. The van der Waals surface area contributed by atoms with Gasteiger partial charge in [-0.1, -0.05) is 72.3 Å². The molecule has 1 N–H and O–H groups in total. The molecule has 0 spiro atoms. The average Bonchev–Trinajstić information content (AvgIpc) is 2.72. The van der Waals surface area contributed by atoms with Crippen molar-refractivity contribution < 1.29 is 19.4 Å². The van der Waals surface area contributed by atoms with E-state index >= 15 is 0 Å². The number of aliphatic hydroxyl groups excluding tert-OH is 1. The fourth-order valence-corrected chi connectivity index (χ4v) is 2.92. The Bertz CT molecular complexity index is 998. The number of benzene rings is 3. The first-order valence-electron chi connectivity index (χ1n) is 9.11. The molecule has 0 aromatic heterocycles. The summed E-state index contributed by atoms with van der Waals surface area (Å²) in [6.07, 6.45) is 1.13. The van der Waals surface area contributed by atoms with E-state index in [4.69, 9.17) is 21.1 Å². The van der Waals surface area contributed by atoms with E-state index in [0.29, 0.717) is 35.3 Å². The molecule has 0 amide bonds. The molecule has 0 atom stereocenters. The number of ether oxygens (including phenoxy) is 2. The number of allylic oxidation sites excluding steroid dienone is 1. The molecule has 5 heteroatoms. The molecule has 0 saturated heterocycles. The van der Waals surface area contributed by atoms with E-state index in [1.807, 2.05) is 60.7 Å². The summed E-state index contributed by atoms with van der Waals surface area (Å²) in [5, 5.41) is 10.7. The van der Waals surface area contributed by atoms with Crippen molar-refractivity contribution in [2.45, 2.75) is 20.1 Å². The van der Waals surface area contributed by atoms with Crippen LogP contribution in [0.15, 0.2) is 78.9 Å². The number of aliphatic hydroxyl groups is 1. The summed E-state index contributed by atoms with van der Waals surface area (Å²) in [4.78, 5) is 11.4. The van der Waals surface area contributed by atoms with Gasteiger partial charge < -0.3 is 14.6 Å². The number of halogens is 1. The summed E-state index contributed by atoms with van der Waals surface area (Å²) >= 11 is 6.36. The largest absolute Gasteiger partial charge is 0.507 e. The van der Waals surface area contributed by atoms with Crippen molar-refractivity contribution in [1.82, 2.24) is 0 Å². The maximum Gasteiger partial charge on any atom is 0.156 e. The van der Waals surface area contributed by atoms with Crippen molar-refractivity contribution in [3.8, 4) is 11.5 Å². The van der Waals surface area contributed by atoms with Crippen molar-refractivity contribution in [2.24, 2.45) is 0 Å². The van der Waals surface area contributed by atoms with E-state index in [0.717, 1.165) is 17.2 Å². The van der Waals surface area contributed by atoms with Gasteiger partial charge in [-0.2, -0.15) is 0 Å². The normalized spacial score (nSPS) is 11.2. The third-order valence-electron chi connectivity index (χ3n) is 4.12. The van der Waals surface area contributed by atoms with Crippen LogP contribution < -0.4 is 9.47 Å². The van der Waals surface area contributed by atoms with Gasteiger partial charge >= 0.3 is 0 Å². The SMILES string of the molecule is CC(=O)/C=C(\O)c1cc(Cl)c(OCc2ccccc2)cc1OCc1ccccc1. The van der Waals surface area contributed by atoms with Gasteiger partial charge in [0, 0.05) is 12.1 Å². The standard InChI is InChI=1S/C24H21ClO4/c1-17(26)12-22(27)20-13-21(25)24(29-16-19-10-6-3-7-11-19)14-23(20)28-15-18-8-4-2-5-9-18/h2-14,27H,15-16H2,1H3/b22-12-. The van der Waals surface area contributed by atoms with E-state index in [-0.39, 0.29) is 11.5 Å². The van der Waals surface area contributed by atoms with Gasteiger partial charge in [-0.3, -0.25) is 4.79 Å². The fourth-order valence-electron chi connectivity index (χ4n) is 2.71. The predicted molar refractivity (Wildman–Crippen MR) is 114 cm³/mol. The van der Waals surface area contributed by atoms with Crippen molar-refractivity contribution in [2.75, 3.05) is 0 Å². The fraction of sp³-hybridized carbons (Fsp3) is 0.125. The lowest BCUT2D eigenvalue weighted by Gasteiger charge is -2.15. The molecular formula is C24H21ClO4. The second-order valence-electron chi connectivity index (χ2n) is 6.47. The van der Waals surface area contributed by atoms with Crippen molar-refractivity contribution >= 4 is 23.1 Å². The van der Waals surface area contributed by atoms with Gasteiger partial charge in [0.1, 0.15) is 30.5 Å². The van der Waals surface area contributed by atoms with Gasteiger partial charge in [0.05, 0.1) is 10.6 Å². The Morgan fingerprint density at radius 1 is 0.897 bits per heavy atom. The molecule has 0 radical (unpaired) electrons. The Morgan fingerprint density at radius 3 is 1.93 bits per heavy atom. The van der Waals surface area contributed by atoms with Crippen LogP contribution in [0.2, 0.25) is 5.02 Å². The highest BCUT2D eigenvalue weighted by Gasteiger charge is 2.15. The van der Waals surface area contributed by atoms with Crippen molar-refractivity contribution in [3.05, 3.63) is 101 Å². The first-order chi connectivity index (χ1) is 14.0. The number of ketones is 1. The van der Waals surface area contributed by atoms with Crippen LogP contribution in [-0.4, -0.2) is 10.9 Å². The molecule has 0 unspecified atom stereocenters. The van der Waals surface area contributed by atoms with Gasteiger partial charge in [0.15, 0.2) is 5.78 Å². The quantitative estimate of drug-likeness (QED) is 0.367. The zero-order chi connectivity index (χ0) is 20.6. The monoisotopic (exact) mass is 408 g/mol. The topological polar surface area (TPSA) is 55.8 Å². The van der Waals surface area contributed by atoms with Crippen LogP contribution in [0.1, 0.15) is 23.6 Å². The smallest absolute Gasteiger partial charge is 0.156 e. The second kappa shape index (κ2) is 9.80. The van der Waals surface area contributed by atoms with Gasteiger partial charge in [0.2, 0.25) is 0 Å². The predicted octanol–water partition coefficient (Wildman–Crippen LogP) is 5.99. The summed E-state index contributed by atoms with van der Waals surface area (Å²) in [6.45, 7) is 1.99. The maximum atomic E-state index is 11.4. The van der Waals surface area contributed by atoms with E-state index < -0.39 is 0 Å². The summed E-state index contributed by atoms with van der Waals surface area (Å²) < 4.78 is 11.8. The number of rotatable bonds is 8. The minimum Gasteiger partial charge on any atom is -0.507 e. The first-order valence-corrected chi connectivity index (χ1v) is 9.49. The van der Waals surface area contributed by atoms with Crippen LogP contribution in [0.4, 0.5) is 0 Å². The Hall–Kier alpha value is -3.24. The molecule has 0 fully saturated rings. The van der Waals surface area contributed by atoms with Crippen LogP contribution >= 0.6 is 11.6 Å². The maximum absolute atomic E-state index is 11.4. The number of hydrogen-bond donors (Lipinski definition) is 1. The van der Waals surface area contributed by atoms with Crippen LogP contribution in [0.25, 0.3) is 5.76 Å². The summed E-state index contributed by atoms with van der Waals surface area (Å²) in [7, 11) is 0. The van der Waals surface area contributed by atoms with E-state index in [2.05, 4.69) is 0 Å². The molecule has 148 valence electrons. The minimum absolute atomic E-state index is 0.211. The first kappa shape index (κ1) is 20.5. The van der Waals surface area contributed by atoms with Gasteiger partial charge in [-0.05, 0) is 24.1 Å². The number of carbonyl (C=O) groups is 1. The van der Waals surface area contributed by atoms with Gasteiger partial charge in [-0.25, -0.2) is 0 Å². The number of hydrogen-bond acceptors (Lipinski definition) is 4. The molecule has 3 aromatic rings. The zero-order valence-electron chi connectivity index (χ0n) is 16.0. The highest BCUT2D eigenvalue weighted by molar-refractivity contribution is 6.32. The highest BCUT2D eigenvalue weighted by atomic mass is 35.5. The van der Waals surface area contributed by atoms with Crippen molar-refractivity contribution in [1.29, 1.82) is 0 Å². The molecule has 4 nitrogen and oxygen atoms in total. The summed E-state index contributed by atoms with van der Waals surface area (Å²) in [6, 6.07) is 22.5. The highest BCUT2D eigenvalue weighted by Crippen LogP contribution is 2.36. The van der Waals surface area contributed by atoms with Crippen LogP contribution in [-0.2, 0) is 18.0 Å². The van der Waals surface area contributed by atoms with E-state index in [1.165, 1.54) is 13.0 Å². The van der Waals surface area contributed by atoms with Gasteiger partial charge in [0.25, 0.3) is 0 Å². The third kappa shape index (κ3) is 5.87. The number of carbonyl (C=O) groups excluding carboxylic acids is 1. The summed E-state index contributed by atoms with van der Waals surface area (Å²) in [5.74, 6) is 0.309. The Labute approximate surface area is 175 Å². The lowest BCUT2D eigenvalue weighted by Crippen LogP contribution is -2.02. The molecule has 0 aliphatic heterocycles. The third-order valence-corrected chi connectivity index (χ3v) is 4.42. The molecule has 0 aliphatic carbocycles. The van der Waals surface area contributed by atoms with Crippen molar-refractivity contribution in [3.63, 3.8) is 0 Å². The lowest BCUT2D eigenvalue weighted by molar-refractivity contribution is -0.112. The lowest BCUT2D eigenvalue weighted by atomic mass is 10.1. The zero-order valence-corrected chi connectivity index (χ0v) is 16.7. The van der Waals surface area contributed by atoms with E-state index in [1.54, 1.807) is 6.07 Å². The van der Waals surface area contributed by atoms with Crippen LogP contribution in [0, 0.1) is 0 Å². The summed E-state index contributed by atoms with van der Waals surface area (Å²) in [5.41, 5.74) is 2.29. The van der Waals surface area contributed by atoms with Crippen LogP contribution in [0.3, 0.4) is 0 Å². The average molecular weight is 409 g/mol. The molecular weight excluding hydrogens is 388 g/mol. The molecule has 3 aromatic carbocycles. The Morgan fingerprint density at radius 2 is 1.41 bits per heavy atom.